The summed E-state index contributed by atoms with van der Waals surface area (Å²) in [6.45, 7) is 2.97. The van der Waals surface area contributed by atoms with Crippen LogP contribution >= 0.6 is 0 Å². The number of ether oxygens (including phenoxy) is 1. The number of hydrogen-bond acceptors (Lipinski definition) is 7. The number of anilines is 1. The van der Waals surface area contributed by atoms with Gasteiger partial charge in [-0.2, -0.15) is 0 Å². The Morgan fingerprint density at radius 2 is 1.88 bits per heavy atom. The number of aryl methyl sites for hydroxylation is 1. The van der Waals surface area contributed by atoms with Crippen LogP contribution in [0.2, 0.25) is 0 Å². The van der Waals surface area contributed by atoms with Crippen molar-refractivity contribution in [3.05, 3.63) is 52.6 Å². The van der Waals surface area contributed by atoms with Crippen molar-refractivity contribution < 1.29 is 32.1 Å². The topological polar surface area (TPSA) is 94.3 Å². The molecule has 25 heavy (non-hydrogen) atoms. The Labute approximate surface area is 139 Å². The van der Waals surface area contributed by atoms with E-state index in [4.69, 9.17) is 4.74 Å². The van der Waals surface area contributed by atoms with Gasteiger partial charge in [-0.25, -0.2) is 22.6 Å². The highest BCUT2D eigenvalue weighted by Crippen LogP contribution is 2.19. The van der Waals surface area contributed by atoms with Crippen LogP contribution in [0.25, 0.3) is 0 Å². The van der Waals surface area contributed by atoms with Crippen molar-refractivity contribution in [2.45, 2.75) is 13.8 Å². The molecule has 0 aliphatic heterocycles. The molecule has 0 aliphatic rings. The third-order valence-electron chi connectivity index (χ3n) is 3.00. The third kappa shape index (κ3) is 4.03. The minimum Gasteiger partial charge on any atom is -0.462 e. The van der Waals surface area contributed by atoms with Crippen LogP contribution in [0.1, 0.15) is 23.0 Å². The molecule has 2 rings (SSSR count). The molecule has 2 aromatic rings. The van der Waals surface area contributed by atoms with Crippen molar-refractivity contribution >= 4 is 17.6 Å². The summed E-state index contributed by atoms with van der Waals surface area (Å²) in [6, 6.07) is 0.577. The standard InChI is InChI=1S/C15H12F3N3O4/c1-3-24-15(23)9(6-19-14-7(2)20-25-21-14)13(22)8-4-11(17)12(18)5-10(8)16/h4-6H,3H2,1-2H3,(H,19,21)/b9-6+. The highest BCUT2D eigenvalue weighted by atomic mass is 19.2. The molecular formula is C15H12F3N3O4. The van der Waals surface area contributed by atoms with Crippen LogP contribution in [0.4, 0.5) is 19.0 Å². The number of nitrogens with zero attached hydrogens (tertiary/aromatic N) is 2. The van der Waals surface area contributed by atoms with Crippen molar-refractivity contribution in [2.24, 2.45) is 0 Å². The van der Waals surface area contributed by atoms with Gasteiger partial charge in [-0.3, -0.25) is 4.79 Å². The molecule has 1 heterocycles. The summed E-state index contributed by atoms with van der Waals surface area (Å²) in [5, 5.41) is 9.45. The Bertz CT molecular complexity index is 849. The van der Waals surface area contributed by atoms with E-state index in [0.717, 1.165) is 6.20 Å². The number of Topliss-reactive ketones (excluding diaryl/α,β-unsaturated/α-hetero) is 1. The normalized spacial score (nSPS) is 11.3. The minimum atomic E-state index is -1.46. The monoisotopic (exact) mass is 355 g/mol. The Morgan fingerprint density at radius 1 is 1.20 bits per heavy atom. The molecule has 7 nitrogen and oxygen atoms in total. The molecule has 1 aromatic carbocycles. The van der Waals surface area contributed by atoms with Gasteiger partial charge in [-0.05, 0) is 25.1 Å². The average Bonchev–Trinajstić information content (AvgIpc) is 2.96. The van der Waals surface area contributed by atoms with Gasteiger partial charge in [0.2, 0.25) is 5.78 Å². The summed E-state index contributed by atoms with van der Waals surface area (Å²) in [6.07, 6.45) is 0.896. The van der Waals surface area contributed by atoms with Crippen LogP contribution in [0.15, 0.2) is 28.5 Å². The number of aromatic nitrogens is 2. The first-order valence-corrected chi connectivity index (χ1v) is 6.97. The molecule has 0 bridgehead atoms. The number of ketones is 1. The van der Waals surface area contributed by atoms with Crippen LogP contribution in [0.3, 0.4) is 0 Å². The molecule has 10 heteroatoms. The summed E-state index contributed by atoms with van der Waals surface area (Å²) >= 11 is 0. The van der Waals surface area contributed by atoms with Gasteiger partial charge in [-0.1, -0.05) is 5.16 Å². The lowest BCUT2D eigenvalue weighted by Crippen LogP contribution is -2.19. The van der Waals surface area contributed by atoms with Crippen molar-refractivity contribution in [2.75, 3.05) is 11.9 Å². The second kappa shape index (κ2) is 7.60. The van der Waals surface area contributed by atoms with Crippen molar-refractivity contribution in [1.82, 2.24) is 10.3 Å². The number of carbonyl (C=O) groups excluding carboxylic acids is 2. The van der Waals surface area contributed by atoms with E-state index < -0.39 is 40.3 Å². The smallest absolute Gasteiger partial charge is 0.343 e. The van der Waals surface area contributed by atoms with Crippen LogP contribution in [0.5, 0.6) is 0 Å². The fourth-order valence-corrected chi connectivity index (χ4v) is 1.77. The second-order valence-corrected chi connectivity index (χ2v) is 4.70. The number of carbonyl (C=O) groups is 2. The highest BCUT2D eigenvalue weighted by Gasteiger charge is 2.25. The second-order valence-electron chi connectivity index (χ2n) is 4.70. The summed E-state index contributed by atoms with van der Waals surface area (Å²) in [5.74, 6) is -6.40. The zero-order chi connectivity index (χ0) is 18.6. The van der Waals surface area contributed by atoms with E-state index in [1.807, 2.05) is 0 Å². The van der Waals surface area contributed by atoms with Crippen LogP contribution < -0.4 is 5.32 Å². The number of esters is 1. The van der Waals surface area contributed by atoms with Crippen molar-refractivity contribution in [1.29, 1.82) is 0 Å². The van der Waals surface area contributed by atoms with Gasteiger partial charge in [-0.15, -0.1) is 0 Å². The number of benzene rings is 1. The molecule has 0 aliphatic carbocycles. The highest BCUT2D eigenvalue weighted by molar-refractivity contribution is 6.24. The van der Waals surface area contributed by atoms with Crippen LogP contribution in [-0.2, 0) is 9.53 Å². The maximum absolute atomic E-state index is 13.8. The molecular weight excluding hydrogens is 343 g/mol. The lowest BCUT2D eigenvalue weighted by molar-refractivity contribution is -0.138. The summed E-state index contributed by atoms with van der Waals surface area (Å²) in [4.78, 5) is 24.4. The van der Waals surface area contributed by atoms with Gasteiger partial charge in [0.15, 0.2) is 17.5 Å². The van der Waals surface area contributed by atoms with Crippen molar-refractivity contribution in [3.8, 4) is 0 Å². The largest absolute Gasteiger partial charge is 0.462 e. The van der Waals surface area contributed by atoms with Gasteiger partial charge in [0, 0.05) is 12.3 Å². The van der Waals surface area contributed by atoms with Crippen molar-refractivity contribution in [3.63, 3.8) is 0 Å². The lowest BCUT2D eigenvalue weighted by Gasteiger charge is -2.08. The Balaban J connectivity index is 2.41. The van der Waals surface area contributed by atoms with Gasteiger partial charge >= 0.3 is 5.97 Å². The predicted molar refractivity (Wildman–Crippen MR) is 78.0 cm³/mol. The van der Waals surface area contributed by atoms with E-state index in [1.54, 1.807) is 0 Å². The van der Waals surface area contributed by atoms with E-state index >= 15 is 0 Å². The summed E-state index contributed by atoms with van der Waals surface area (Å²) in [7, 11) is 0. The predicted octanol–water partition coefficient (Wildman–Crippen LogP) is 2.54. The van der Waals surface area contributed by atoms with E-state index in [-0.39, 0.29) is 18.5 Å². The molecule has 0 amide bonds. The molecule has 0 radical (unpaired) electrons. The molecule has 0 atom stereocenters. The SMILES string of the molecule is CCOC(=O)/C(=C/Nc1nonc1C)C(=O)c1cc(F)c(F)cc1F. The maximum Gasteiger partial charge on any atom is 0.343 e. The molecule has 0 fully saturated rings. The van der Waals surface area contributed by atoms with Crippen LogP contribution in [0, 0.1) is 24.4 Å². The first-order chi connectivity index (χ1) is 11.8. The maximum atomic E-state index is 13.8. The third-order valence-corrected chi connectivity index (χ3v) is 3.00. The fraction of sp³-hybridized carbons (Fsp3) is 0.200. The van der Waals surface area contributed by atoms with E-state index in [1.165, 1.54) is 13.8 Å². The molecule has 132 valence electrons. The molecule has 0 saturated heterocycles. The Hall–Kier alpha value is -3.17. The number of hydrogen-bond donors (Lipinski definition) is 1. The van der Waals surface area contributed by atoms with Gasteiger partial charge in [0.1, 0.15) is 17.1 Å². The molecule has 0 unspecified atom stereocenters. The Kier molecular flexibility index (Phi) is 5.52. The molecule has 0 spiro atoms. The number of halogens is 3. The molecule has 1 N–H and O–H groups in total. The summed E-state index contributed by atoms with van der Waals surface area (Å²) in [5.41, 5.74) is -1.14. The number of rotatable bonds is 6. The first-order valence-electron chi connectivity index (χ1n) is 6.97. The fourth-order valence-electron chi connectivity index (χ4n) is 1.77. The molecule has 0 saturated carbocycles. The van der Waals surface area contributed by atoms with Crippen LogP contribution in [-0.4, -0.2) is 28.7 Å². The Morgan fingerprint density at radius 3 is 2.48 bits per heavy atom. The molecule has 1 aromatic heterocycles. The number of nitrogens with one attached hydrogen (secondary N) is 1. The zero-order valence-electron chi connectivity index (χ0n) is 13.1. The average molecular weight is 355 g/mol. The van der Waals surface area contributed by atoms with Gasteiger partial charge < -0.3 is 10.1 Å². The van der Waals surface area contributed by atoms with Gasteiger partial charge in [0.25, 0.3) is 0 Å². The van der Waals surface area contributed by atoms with E-state index in [9.17, 15) is 22.8 Å². The van der Waals surface area contributed by atoms with E-state index in [2.05, 4.69) is 20.3 Å². The quantitative estimate of drug-likeness (QED) is 0.212. The zero-order valence-corrected chi connectivity index (χ0v) is 13.1. The summed E-state index contributed by atoms with van der Waals surface area (Å²) < 4.78 is 49.3. The van der Waals surface area contributed by atoms with Gasteiger partial charge in [0.05, 0.1) is 12.2 Å². The first kappa shape index (κ1) is 18.2. The van der Waals surface area contributed by atoms with E-state index in [0.29, 0.717) is 11.8 Å². The minimum absolute atomic E-state index is 0.0613. The lowest BCUT2D eigenvalue weighted by atomic mass is 10.0.